The molecule has 0 fully saturated rings. The van der Waals surface area contributed by atoms with Crippen LogP contribution in [0.3, 0.4) is 0 Å². The Kier molecular flexibility index (Phi) is 3.99. The van der Waals surface area contributed by atoms with E-state index in [0.717, 1.165) is 5.69 Å². The number of nitriles is 1. The normalized spacial score (nSPS) is 12.3. The molecule has 0 aromatic carbocycles. The third-order valence-electron chi connectivity index (χ3n) is 2.95. The van der Waals surface area contributed by atoms with Crippen molar-refractivity contribution < 1.29 is 9.53 Å². The molecule has 0 saturated carbocycles. The Morgan fingerprint density at radius 2 is 2.30 bits per heavy atom. The van der Waals surface area contributed by atoms with Crippen molar-refractivity contribution in [2.75, 3.05) is 6.61 Å². The van der Waals surface area contributed by atoms with Crippen LogP contribution in [0.5, 0.6) is 0 Å². The zero-order valence-corrected chi connectivity index (χ0v) is 11.7. The number of hydrogen-bond donors (Lipinski definition) is 0. The van der Waals surface area contributed by atoms with Gasteiger partial charge < -0.3 is 4.74 Å². The molecule has 2 aromatic heterocycles. The van der Waals surface area contributed by atoms with Crippen molar-refractivity contribution in [3.8, 4) is 6.07 Å². The molecule has 2 rings (SSSR count). The fourth-order valence-corrected chi connectivity index (χ4v) is 1.92. The van der Waals surface area contributed by atoms with Gasteiger partial charge in [0.2, 0.25) is 0 Å². The van der Waals surface area contributed by atoms with Crippen molar-refractivity contribution in [1.29, 1.82) is 5.26 Å². The van der Waals surface area contributed by atoms with E-state index in [1.54, 1.807) is 17.6 Å². The van der Waals surface area contributed by atoms with Gasteiger partial charge >= 0.3 is 5.97 Å². The van der Waals surface area contributed by atoms with Crippen LogP contribution in [0.15, 0.2) is 18.5 Å². The van der Waals surface area contributed by atoms with Gasteiger partial charge in [-0.25, -0.2) is 4.52 Å². The molecule has 104 valence electrons. The standard InChI is InChI=1S/C14H16N4O2/c1-4-20-14(19)10(8-15)13-12-7-11(9(2)3)17-18(12)6-5-16-13/h5-7,9-10H,4H2,1-3H3. The average molecular weight is 272 g/mol. The first-order valence-electron chi connectivity index (χ1n) is 6.48. The van der Waals surface area contributed by atoms with Gasteiger partial charge in [0.25, 0.3) is 0 Å². The van der Waals surface area contributed by atoms with E-state index in [2.05, 4.69) is 10.1 Å². The van der Waals surface area contributed by atoms with Crippen molar-refractivity contribution in [3.05, 3.63) is 29.8 Å². The van der Waals surface area contributed by atoms with Gasteiger partial charge in [-0.15, -0.1) is 0 Å². The van der Waals surface area contributed by atoms with Crippen molar-refractivity contribution in [2.24, 2.45) is 0 Å². The summed E-state index contributed by atoms with van der Waals surface area (Å²) in [6.07, 6.45) is 3.23. The molecule has 2 aromatic rings. The van der Waals surface area contributed by atoms with Gasteiger partial charge in [0.15, 0.2) is 5.92 Å². The molecule has 0 bridgehead atoms. The van der Waals surface area contributed by atoms with Gasteiger partial charge in [-0.1, -0.05) is 13.8 Å². The minimum Gasteiger partial charge on any atom is -0.465 e. The number of hydrogen-bond acceptors (Lipinski definition) is 5. The van der Waals surface area contributed by atoms with Crippen LogP contribution in [-0.2, 0) is 9.53 Å². The molecular formula is C14H16N4O2. The minimum atomic E-state index is -1.03. The molecule has 0 amide bonds. The SMILES string of the molecule is CCOC(=O)C(C#N)c1nccn2nc(C(C)C)cc12. The highest BCUT2D eigenvalue weighted by Crippen LogP contribution is 2.23. The zero-order valence-electron chi connectivity index (χ0n) is 11.7. The summed E-state index contributed by atoms with van der Waals surface area (Å²) in [5.74, 6) is -1.36. The fraction of sp³-hybridized carbons (Fsp3) is 0.429. The maximum Gasteiger partial charge on any atom is 0.329 e. The second-order valence-electron chi connectivity index (χ2n) is 4.68. The lowest BCUT2D eigenvalue weighted by atomic mass is 10.1. The number of esters is 1. The van der Waals surface area contributed by atoms with Gasteiger partial charge in [0, 0.05) is 12.4 Å². The summed E-state index contributed by atoms with van der Waals surface area (Å²) >= 11 is 0. The van der Waals surface area contributed by atoms with E-state index in [1.165, 1.54) is 6.20 Å². The predicted molar refractivity (Wildman–Crippen MR) is 72.1 cm³/mol. The van der Waals surface area contributed by atoms with Crippen LogP contribution in [0.2, 0.25) is 0 Å². The maximum absolute atomic E-state index is 11.8. The number of carbonyl (C=O) groups excluding carboxylic acids is 1. The van der Waals surface area contributed by atoms with Crippen molar-refractivity contribution in [1.82, 2.24) is 14.6 Å². The van der Waals surface area contributed by atoms with Crippen molar-refractivity contribution in [3.63, 3.8) is 0 Å². The predicted octanol–water partition coefficient (Wildman–Crippen LogP) is 2.02. The Balaban J connectivity index is 2.53. The van der Waals surface area contributed by atoms with E-state index >= 15 is 0 Å². The van der Waals surface area contributed by atoms with Crippen LogP contribution in [0, 0.1) is 11.3 Å². The quantitative estimate of drug-likeness (QED) is 0.795. The summed E-state index contributed by atoms with van der Waals surface area (Å²) < 4.78 is 6.56. The molecule has 0 radical (unpaired) electrons. The monoisotopic (exact) mass is 272 g/mol. The molecule has 1 unspecified atom stereocenters. The number of carbonyl (C=O) groups is 1. The van der Waals surface area contributed by atoms with E-state index in [-0.39, 0.29) is 12.5 Å². The molecule has 6 nitrogen and oxygen atoms in total. The minimum absolute atomic E-state index is 0.233. The molecular weight excluding hydrogens is 256 g/mol. The molecule has 6 heteroatoms. The first-order valence-corrected chi connectivity index (χ1v) is 6.48. The van der Waals surface area contributed by atoms with Gasteiger partial charge in [-0.2, -0.15) is 10.4 Å². The number of nitrogens with zero attached hydrogens (tertiary/aromatic N) is 4. The number of rotatable bonds is 4. The van der Waals surface area contributed by atoms with E-state index < -0.39 is 11.9 Å². The lowest BCUT2D eigenvalue weighted by Gasteiger charge is -2.08. The van der Waals surface area contributed by atoms with Gasteiger partial charge in [0.05, 0.1) is 29.6 Å². The molecule has 20 heavy (non-hydrogen) atoms. The summed E-state index contributed by atoms with van der Waals surface area (Å²) in [5.41, 5.74) is 1.93. The van der Waals surface area contributed by atoms with E-state index in [4.69, 9.17) is 4.74 Å². The number of aromatic nitrogens is 3. The highest BCUT2D eigenvalue weighted by atomic mass is 16.5. The largest absolute Gasteiger partial charge is 0.465 e. The Hall–Kier alpha value is -2.42. The zero-order chi connectivity index (χ0) is 14.7. The third-order valence-corrected chi connectivity index (χ3v) is 2.95. The van der Waals surface area contributed by atoms with Crippen LogP contribution in [0.4, 0.5) is 0 Å². The summed E-state index contributed by atoms with van der Waals surface area (Å²) in [5, 5.41) is 13.6. The smallest absolute Gasteiger partial charge is 0.329 e. The van der Waals surface area contributed by atoms with Crippen LogP contribution < -0.4 is 0 Å². The Labute approximate surface area is 117 Å². The van der Waals surface area contributed by atoms with Gasteiger partial charge in [0.1, 0.15) is 0 Å². The van der Waals surface area contributed by atoms with E-state index in [1.807, 2.05) is 26.0 Å². The Morgan fingerprint density at radius 3 is 2.90 bits per heavy atom. The first kappa shape index (κ1) is 14.0. The maximum atomic E-state index is 11.8. The Morgan fingerprint density at radius 1 is 1.55 bits per heavy atom. The molecule has 1 atom stereocenters. The van der Waals surface area contributed by atoms with E-state index in [9.17, 15) is 10.1 Å². The molecule has 0 aliphatic heterocycles. The average Bonchev–Trinajstić information content (AvgIpc) is 2.85. The molecule has 2 heterocycles. The summed E-state index contributed by atoms with van der Waals surface area (Å²) in [6, 6.07) is 3.81. The lowest BCUT2D eigenvalue weighted by molar-refractivity contribution is -0.143. The van der Waals surface area contributed by atoms with Crippen molar-refractivity contribution >= 4 is 11.5 Å². The molecule has 0 aliphatic rings. The van der Waals surface area contributed by atoms with Crippen LogP contribution in [0.25, 0.3) is 5.52 Å². The van der Waals surface area contributed by atoms with Crippen LogP contribution in [-0.4, -0.2) is 27.2 Å². The van der Waals surface area contributed by atoms with Gasteiger partial charge in [-0.3, -0.25) is 9.78 Å². The van der Waals surface area contributed by atoms with Gasteiger partial charge in [-0.05, 0) is 18.9 Å². The molecule has 0 aliphatic carbocycles. The van der Waals surface area contributed by atoms with Crippen molar-refractivity contribution in [2.45, 2.75) is 32.6 Å². The third kappa shape index (κ3) is 2.48. The first-order chi connectivity index (χ1) is 9.58. The summed E-state index contributed by atoms with van der Waals surface area (Å²) in [7, 11) is 0. The molecule has 0 N–H and O–H groups in total. The van der Waals surface area contributed by atoms with Crippen LogP contribution in [0.1, 0.15) is 44.0 Å². The highest BCUT2D eigenvalue weighted by Gasteiger charge is 2.26. The highest BCUT2D eigenvalue weighted by molar-refractivity contribution is 5.83. The topological polar surface area (TPSA) is 80.3 Å². The summed E-state index contributed by atoms with van der Waals surface area (Å²) in [6.45, 7) is 6.00. The summed E-state index contributed by atoms with van der Waals surface area (Å²) in [4.78, 5) is 16.0. The second kappa shape index (κ2) is 5.70. The van der Waals surface area contributed by atoms with E-state index in [0.29, 0.717) is 11.2 Å². The Bertz CT molecular complexity index is 669. The molecule has 0 spiro atoms. The lowest BCUT2D eigenvalue weighted by Crippen LogP contribution is -2.16. The fourth-order valence-electron chi connectivity index (χ4n) is 1.92. The number of ether oxygens (including phenoxy) is 1. The van der Waals surface area contributed by atoms with Crippen LogP contribution >= 0.6 is 0 Å². The molecule has 0 saturated heterocycles. The second-order valence-corrected chi connectivity index (χ2v) is 4.68. The number of fused-ring (bicyclic) bond motifs is 1.